The lowest BCUT2D eigenvalue weighted by Gasteiger charge is -2.13. The van der Waals surface area contributed by atoms with Crippen LogP contribution in [0, 0.1) is 27.7 Å². The van der Waals surface area contributed by atoms with E-state index in [9.17, 15) is 9.59 Å². The van der Waals surface area contributed by atoms with Crippen molar-refractivity contribution in [1.82, 2.24) is 0 Å². The third-order valence-corrected chi connectivity index (χ3v) is 4.07. The number of amides is 1. The average Bonchev–Trinajstić information content (AvgIpc) is 2.52. The Bertz CT molecular complexity index is 778. The van der Waals surface area contributed by atoms with Gasteiger partial charge < -0.3 is 10.1 Å². The first-order chi connectivity index (χ1) is 10.8. The number of nitrogens with one attached hydrogen (secondary N) is 1. The maximum Gasteiger partial charge on any atom is 0.338 e. The largest absolute Gasteiger partial charge is 0.465 e. The minimum absolute atomic E-state index is 0.185. The second-order valence-corrected chi connectivity index (χ2v) is 5.68. The Morgan fingerprint density at radius 2 is 1.57 bits per heavy atom. The lowest BCUT2D eigenvalue weighted by molar-refractivity contribution is 0.0599. The molecule has 4 nitrogen and oxygen atoms in total. The molecule has 0 aromatic heterocycles. The van der Waals surface area contributed by atoms with Crippen LogP contribution in [0.3, 0.4) is 0 Å². The van der Waals surface area contributed by atoms with Crippen LogP contribution in [0.25, 0.3) is 0 Å². The number of hydrogen-bond donors (Lipinski definition) is 1. The van der Waals surface area contributed by atoms with E-state index in [1.165, 1.54) is 7.11 Å². The number of ether oxygens (including phenoxy) is 1. The van der Waals surface area contributed by atoms with Gasteiger partial charge in [-0.2, -0.15) is 0 Å². The summed E-state index contributed by atoms with van der Waals surface area (Å²) in [5.74, 6) is -0.600. The van der Waals surface area contributed by atoms with E-state index in [2.05, 4.69) is 5.32 Å². The molecule has 2 aromatic rings. The van der Waals surface area contributed by atoms with Gasteiger partial charge in [-0.25, -0.2) is 4.79 Å². The average molecular weight is 311 g/mol. The molecule has 0 fully saturated rings. The summed E-state index contributed by atoms with van der Waals surface area (Å²) < 4.78 is 4.76. The minimum Gasteiger partial charge on any atom is -0.465 e. The molecule has 2 rings (SSSR count). The lowest BCUT2D eigenvalue weighted by Crippen LogP contribution is -2.16. The van der Waals surface area contributed by atoms with Gasteiger partial charge in [-0.15, -0.1) is 0 Å². The topological polar surface area (TPSA) is 55.4 Å². The normalized spacial score (nSPS) is 10.3. The first-order valence-electron chi connectivity index (χ1n) is 7.42. The van der Waals surface area contributed by atoms with E-state index in [0.717, 1.165) is 16.7 Å². The molecule has 0 aliphatic heterocycles. The number of hydrogen-bond acceptors (Lipinski definition) is 3. The van der Waals surface area contributed by atoms with E-state index >= 15 is 0 Å². The van der Waals surface area contributed by atoms with Gasteiger partial charge in [0.1, 0.15) is 0 Å². The van der Waals surface area contributed by atoms with Gasteiger partial charge in [-0.05, 0) is 68.1 Å². The second-order valence-electron chi connectivity index (χ2n) is 5.68. The quantitative estimate of drug-likeness (QED) is 0.873. The van der Waals surface area contributed by atoms with Crippen LogP contribution in [-0.2, 0) is 4.74 Å². The van der Waals surface area contributed by atoms with Crippen molar-refractivity contribution in [3.63, 3.8) is 0 Å². The van der Waals surface area contributed by atoms with E-state index < -0.39 is 5.97 Å². The van der Waals surface area contributed by atoms with Gasteiger partial charge in [-0.1, -0.05) is 12.1 Å². The van der Waals surface area contributed by atoms with Gasteiger partial charge in [0, 0.05) is 11.3 Å². The summed E-state index contributed by atoms with van der Waals surface area (Å²) in [5, 5.41) is 2.89. The van der Waals surface area contributed by atoms with E-state index in [1.807, 2.05) is 32.9 Å². The highest BCUT2D eigenvalue weighted by Gasteiger charge is 2.15. The van der Waals surface area contributed by atoms with Crippen molar-refractivity contribution in [3.05, 3.63) is 63.7 Å². The molecular weight excluding hydrogens is 290 g/mol. The highest BCUT2D eigenvalue weighted by molar-refractivity contribution is 6.06. The molecule has 0 radical (unpaired) electrons. The Morgan fingerprint density at radius 1 is 0.913 bits per heavy atom. The molecule has 0 heterocycles. The Morgan fingerprint density at radius 3 is 2.22 bits per heavy atom. The number of methoxy groups -OCH3 is 1. The van der Waals surface area contributed by atoms with Crippen molar-refractivity contribution in [3.8, 4) is 0 Å². The first kappa shape index (κ1) is 16.7. The van der Waals surface area contributed by atoms with Crippen molar-refractivity contribution in [1.29, 1.82) is 0 Å². The molecule has 23 heavy (non-hydrogen) atoms. The maximum absolute atomic E-state index is 12.6. The highest BCUT2D eigenvalue weighted by Crippen LogP contribution is 2.22. The zero-order valence-electron chi connectivity index (χ0n) is 14.1. The van der Waals surface area contributed by atoms with Gasteiger partial charge in [0.05, 0.1) is 12.7 Å². The maximum atomic E-state index is 12.6. The van der Waals surface area contributed by atoms with Crippen molar-refractivity contribution in [2.45, 2.75) is 27.7 Å². The van der Waals surface area contributed by atoms with E-state index in [4.69, 9.17) is 4.74 Å². The van der Waals surface area contributed by atoms with Gasteiger partial charge in [0.2, 0.25) is 0 Å². The molecule has 120 valence electrons. The van der Waals surface area contributed by atoms with Crippen LogP contribution in [0.2, 0.25) is 0 Å². The highest BCUT2D eigenvalue weighted by atomic mass is 16.5. The number of carbonyl (C=O) groups excluding carboxylic acids is 2. The van der Waals surface area contributed by atoms with Gasteiger partial charge in [-0.3, -0.25) is 4.79 Å². The fourth-order valence-electron chi connectivity index (χ4n) is 2.50. The summed E-state index contributed by atoms with van der Waals surface area (Å²) in [6.07, 6.45) is 0. The summed E-state index contributed by atoms with van der Waals surface area (Å²) >= 11 is 0. The van der Waals surface area contributed by atoms with Crippen molar-refractivity contribution in [2.24, 2.45) is 0 Å². The number of rotatable bonds is 3. The fraction of sp³-hybridized carbons (Fsp3) is 0.263. The van der Waals surface area contributed by atoms with Crippen LogP contribution in [0.15, 0.2) is 30.3 Å². The SMILES string of the molecule is COC(=O)c1cccc(NC(=O)c2cc(C)c(C)cc2C)c1C. The van der Waals surface area contributed by atoms with Gasteiger partial charge in [0.15, 0.2) is 0 Å². The molecule has 1 amide bonds. The first-order valence-corrected chi connectivity index (χ1v) is 7.42. The monoisotopic (exact) mass is 311 g/mol. The molecule has 0 saturated heterocycles. The summed E-state index contributed by atoms with van der Waals surface area (Å²) in [4.78, 5) is 24.3. The zero-order valence-corrected chi connectivity index (χ0v) is 14.1. The molecule has 1 N–H and O–H groups in total. The van der Waals surface area contributed by atoms with E-state index in [0.29, 0.717) is 22.4 Å². The molecule has 0 aliphatic rings. The van der Waals surface area contributed by atoms with Crippen LogP contribution < -0.4 is 5.32 Å². The fourth-order valence-corrected chi connectivity index (χ4v) is 2.50. The van der Waals surface area contributed by atoms with Crippen LogP contribution in [0.4, 0.5) is 5.69 Å². The van der Waals surface area contributed by atoms with Gasteiger partial charge in [0.25, 0.3) is 5.91 Å². The number of benzene rings is 2. The summed E-state index contributed by atoms with van der Waals surface area (Å²) in [7, 11) is 1.34. The minimum atomic E-state index is -0.416. The molecule has 0 atom stereocenters. The summed E-state index contributed by atoms with van der Waals surface area (Å²) in [6, 6.07) is 9.07. The van der Waals surface area contributed by atoms with Crippen LogP contribution in [0.1, 0.15) is 43.0 Å². The smallest absolute Gasteiger partial charge is 0.338 e. The summed E-state index contributed by atoms with van der Waals surface area (Å²) in [6.45, 7) is 7.71. The summed E-state index contributed by atoms with van der Waals surface area (Å²) in [5.41, 5.74) is 5.53. The molecule has 2 aromatic carbocycles. The van der Waals surface area contributed by atoms with E-state index in [-0.39, 0.29) is 5.91 Å². The number of aryl methyl sites for hydroxylation is 3. The van der Waals surface area contributed by atoms with Crippen molar-refractivity contribution < 1.29 is 14.3 Å². The van der Waals surface area contributed by atoms with Crippen molar-refractivity contribution in [2.75, 3.05) is 12.4 Å². The predicted molar refractivity (Wildman–Crippen MR) is 91.1 cm³/mol. The second kappa shape index (κ2) is 6.65. The molecular formula is C19H21NO3. The Labute approximate surface area is 136 Å². The van der Waals surface area contributed by atoms with Crippen LogP contribution >= 0.6 is 0 Å². The molecule has 0 saturated carbocycles. The van der Waals surface area contributed by atoms with Crippen molar-refractivity contribution >= 4 is 17.6 Å². The standard InChI is InChI=1S/C19H21NO3/c1-11-9-13(3)16(10-12(11)2)18(21)20-17-8-6-7-15(14(17)4)19(22)23-5/h6-10H,1-5H3,(H,20,21). The Kier molecular flexibility index (Phi) is 4.84. The Hall–Kier alpha value is -2.62. The van der Waals surface area contributed by atoms with Crippen LogP contribution in [-0.4, -0.2) is 19.0 Å². The third-order valence-electron chi connectivity index (χ3n) is 4.07. The molecule has 0 bridgehead atoms. The van der Waals surface area contributed by atoms with Crippen LogP contribution in [0.5, 0.6) is 0 Å². The third kappa shape index (κ3) is 3.42. The number of anilines is 1. The van der Waals surface area contributed by atoms with Gasteiger partial charge >= 0.3 is 5.97 Å². The predicted octanol–water partition coefficient (Wildman–Crippen LogP) is 3.96. The Balaban J connectivity index is 2.35. The lowest BCUT2D eigenvalue weighted by atomic mass is 10.00. The zero-order chi connectivity index (χ0) is 17.1. The number of esters is 1. The molecule has 0 spiro atoms. The molecule has 0 aliphatic carbocycles. The number of carbonyl (C=O) groups is 2. The molecule has 0 unspecified atom stereocenters. The van der Waals surface area contributed by atoms with E-state index in [1.54, 1.807) is 25.1 Å². The molecule has 4 heteroatoms.